The second-order valence-electron chi connectivity index (χ2n) is 6.92. The zero-order valence-corrected chi connectivity index (χ0v) is 18.1. The highest BCUT2D eigenvalue weighted by atomic mass is 32.2. The number of hydrogen-bond donors (Lipinski definition) is 2. The van der Waals surface area contributed by atoms with Crippen LogP contribution < -0.4 is 18.9 Å². The third-order valence-electron chi connectivity index (χ3n) is 4.87. The molecule has 0 saturated carbocycles. The number of ether oxygens (including phenoxy) is 4. The standard InChI is InChI=1S/C21H15NO8S2/c1-10-17(32-18(22-10)11-2-4-13-15(6-11)28-9-27-13)8-31-12-3-5-14-16(7-12)30-21(29-14,19(23)24)20(25)26/h2-7H,8-9H2,1H3,(H,23,24)(H,25,26). The van der Waals surface area contributed by atoms with Gasteiger partial charge in [-0.3, -0.25) is 0 Å². The van der Waals surface area contributed by atoms with Crippen molar-refractivity contribution in [3.05, 3.63) is 47.0 Å². The Morgan fingerprint density at radius 2 is 1.75 bits per heavy atom. The van der Waals surface area contributed by atoms with Crippen LogP contribution in [0.15, 0.2) is 41.3 Å². The van der Waals surface area contributed by atoms with E-state index < -0.39 is 17.7 Å². The predicted octanol–water partition coefficient (Wildman–Crippen LogP) is 3.78. The van der Waals surface area contributed by atoms with Crippen molar-refractivity contribution < 1.29 is 38.7 Å². The molecule has 2 aliphatic heterocycles. The minimum atomic E-state index is -2.76. The number of nitrogens with zero attached hydrogens (tertiary/aromatic N) is 1. The van der Waals surface area contributed by atoms with Gasteiger partial charge in [-0.15, -0.1) is 23.1 Å². The molecule has 164 valence electrons. The molecule has 0 unspecified atom stereocenters. The SMILES string of the molecule is Cc1nc(-c2ccc3c(c2)OCO3)sc1CSc1ccc2c(c1)OC(C(=O)O)(C(=O)O)O2. The number of aryl methyl sites for hydroxylation is 1. The number of fused-ring (bicyclic) bond motifs is 2. The maximum absolute atomic E-state index is 11.4. The summed E-state index contributed by atoms with van der Waals surface area (Å²) >= 11 is 3.07. The maximum atomic E-state index is 11.4. The number of carboxylic acid groups (broad SMARTS) is 2. The van der Waals surface area contributed by atoms with Gasteiger partial charge in [0.1, 0.15) is 5.01 Å². The molecule has 0 amide bonds. The second-order valence-corrected chi connectivity index (χ2v) is 9.06. The lowest BCUT2D eigenvalue weighted by molar-refractivity contribution is -0.194. The van der Waals surface area contributed by atoms with Crippen molar-refractivity contribution in [2.24, 2.45) is 0 Å². The summed E-state index contributed by atoms with van der Waals surface area (Å²) in [5, 5.41) is 19.4. The van der Waals surface area contributed by atoms with Crippen LogP contribution in [0.3, 0.4) is 0 Å². The van der Waals surface area contributed by atoms with Crippen LogP contribution in [-0.2, 0) is 15.3 Å². The van der Waals surface area contributed by atoms with E-state index in [2.05, 4.69) is 4.98 Å². The van der Waals surface area contributed by atoms with Gasteiger partial charge in [-0.1, -0.05) is 0 Å². The highest BCUT2D eigenvalue weighted by molar-refractivity contribution is 7.98. The van der Waals surface area contributed by atoms with Crippen molar-refractivity contribution in [1.82, 2.24) is 4.98 Å². The third-order valence-corrected chi connectivity index (χ3v) is 7.28. The lowest BCUT2D eigenvalue weighted by Crippen LogP contribution is -2.54. The Morgan fingerprint density at radius 1 is 1.03 bits per heavy atom. The van der Waals surface area contributed by atoms with Crippen molar-refractivity contribution in [2.75, 3.05) is 6.79 Å². The Morgan fingerprint density at radius 3 is 2.53 bits per heavy atom. The van der Waals surface area contributed by atoms with Crippen molar-refractivity contribution >= 4 is 35.0 Å². The number of aliphatic carboxylic acids is 2. The van der Waals surface area contributed by atoms with E-state index in [4.69, 9.17) is 18.9 Å². The van der Waals surface area contributed by atoms with Crippen molar-refractivity contribution in [1.29, 1.82) is 0 Å². The fourth-order valence-electron chi connectivity index (χ4n) is 3.20. The first kappa shape index (κ1) is 20.5. The van der Waals surface area contributed by atoms with E-state index in [-0.39, 0.29) is 18.3 Å². The first-order valence-corrected chi connectivity index (χ1v) is 11.1. The zero-order chi connectivity index (χ0) is 22.5. The second kappa shape index (κ2) is 7.61. The summed E-state index contributed by atoms with van der Waals surface area (Å²) in [6.45, 7) is 2.16. The molecule has 0 radical (unpaired) electrons. The Kier molecular flexibility index (Phi) is 4.86. The summed E-state index contributed by atoms with van der Waals surface area (Å²) in [6.07, 6.45) is 0. The number of benzene rings is 2. The van der Waals surface area contributed by atoms with Gasteiger partial charge in [-0.2, -0.15) is 0 Å². The van der Waals surface area contributed by atoms with Crippen molar-refractivity contribution in [2.45, 2.75) is 23.4 Å². The smallest absolute Gasteiger partial charge is 0.453 e. The van der Waals surface area contributed by atoms with Gasteiger partial charge in [0.15, 0.2) is 23.0 Å². The van der Waals surface area contributed by atoms with Crippen LogP contribution >= 0.6 is 23.1 Å². The molecule has 0 fully saturated rings. The zero-order valence-electron chi connectivity index (χ0n) is 16.5. The van der Waals surface area contributed by atoms with Gasteiger partial charge in [0.2, 0.25) is 6.79 Å². The summed E-state index contributed by atoms with van der Waals surface area (Å²) in [7, 11) is 0. The molecular formula is C21H15NO8S2. The number of thioether (sulfide) groups is 1. The molecule has 9 nitrogen and oxygen atoms in total. The van der Waals surface area contributed by atoms with E-state index in [9.17, 15) is 19.8 Å². The third kappa shape index (κ3) is 3.39. The quantitative estimate of drug-likeness (QED) is 0.404. The molecule has 2 aromatic carbocycles. The normalized spacial score (nSPS) is 15.0. The fourth-order valence-corrected chi connectivity index (χ4v) is 5.33. The molecule has 32 heavy (non-hydrogen) atoms. The average Bonchev–Trinajstić information content (AvgIpc) is 3.48. The van der Waals surface area contributed by atoms with Crippen LogP contribution in [0.1, 0.15) is 10.6 Å². The van der Waals surface area contributed by atoms with Crippen molar-refractivity contribution in [3.63, 3.8) is 0 Å². The van der Waals surface area contributed by atoms with Crippen LogP contribution in [0, 0.1) is 6.92 Å². The van der Waals surface area contributed by atoms with Crippen LogP contribution in [0.2, 0.25) is 0 Å². The average molecular weight is 473 g/mol. The summed E-state index contributed by atoms with van der Waals surface area (Å²) in [5.41, 5.74) is 1.85. The molecule has 5 rings (SSSR count). The van der Waals surface area contributed by atoms with E-state index in [1.165, 1.54) is 17.8 Å². The van der Waals surface area contributed by atoms with Crippen LogP contribution in [0.4, 0.5) is 0 Å². The molecule has 0 atom stereocenters. The Bertz CT molecular complexity index is 1240. The topological polar surface area (TPSA) is 124 Å². The van der Waals surface area contributed by atoms with E-state index in [0.29, 0.717) is 11.5 Å². The molecule has 2 N–H and O–H groups in total. The monoisotopic (exact) mass is 473 g/mol. The fraction of sp³-hybridized carbons (Fsp3) is 0.190. The van der Waals surface area contributed by atoms with E-state index >= 15 is 0 Å². The molecule has 1 aromatic heterocycles. The Balaban J connectivity index is 1.32. The Hall–Kier alpha value is -3.44. The minimum absolute atomic E-state index is 0.0678. The van der Waals surface area contributed by atoms with E-state index in [1.807, 2.05) is 25.1 Å². The molecule has 2 aliphatic rings. The summed E-state index contributed by atoms with van der Waals surface area (Å²) in [4.78, 5) is 29.3. The summed E-state index contributed by atoms with van der Waals surface area (Å²) in [6, 6.07) is 10.5. The van der Waals surface area contributed by atoms with Gasteiger partial charge in [0, 0.05) is 21.1 Å². The van der Waals surface area contributed by atoms with Gasteiger partial charge in [-0.05, 0) is 43.3 Å². The first-order valence-electron chi connectivity index (χ1n) is 9.34. The molecule has 3 heterocycles. The van der Waals surface area contributed by atoms with Crippen LogP contribution in [0.5, 0.6) is 23.0 Å². The lowest BCUT2D eigenvalue weighted by Gasteiger charge is -2.16. The summed E-state index contributed by atoms with van der Waals surface area (Å²) in [5.74, 6) is -4.05. The molecule has 3 aromatic rings. The first-order chi connectivity index (χ1) is 15.4. The number of aromatic nitrogens is 1. The van der Waals surface area contributed by atoms with E-state index in [0.717, 1.165) is 31.8 Å². The molecule has 0 spiro atoms. The molecule has 0 saturated heterocycles. The van der Waals surface area contributed by atoms with Crippen LogP contribution in [-0.4, -0.2) is 39.7 Å². The number of hydrogen-bond acceptors (Lipinski definition) is 9. The maximum Gasteiger partial charge on any atom is 0.453 e. The molecule has 0 bridgehead atoms. The van der Waals surface area contributed by atoms with Gasteiger partial charge in [0.05, 0.1) is 5.69 Å². The number of carboxylic acids is 2. The Labute approximate surface area is 189 Å². The highest BCUT2D eigenvalue weighted by Crippen LogP contribution is 2.43. The highest BCUT2D eigenvalue weighted by Gasteiger charge is 2.57. The predicted molar refractivity (Wildman–Crippen MR) is 114 cm³/mol. The molecule has 0 aliphatic carbocycles. The van der Waals surface area contributed by atoms with Crippen LogP contribution in [0.25, 0.3) is 10.6 Å². The number of rotatable bonds is 6. The number of thiazole rings is 1. The largest absolute Gasteiger partial charge is 0.475 e. The molecular weight excluding hydrogens is 458 g/mol. The number of carbonyl (C=O) groups is 2. The van der Waals surface area contributed by atoms with Gasteiger partial charge < -0.3 is 29.2 Å². The lowest BCUT2D eigenvalue weighted by atomic mass is 10.2. The minimum Gasteiger partial charge on any atom is -0.475 e. The molecule has 11 heteroatoms. The van der Waals surface area contributed by atoms with Gasteiger partial charge >= 0.3 is 17.7 Å². The van der Waals surface area contributed by atoms with Gasteiger partial charge in [-0.25, -0.2) is 14.6 Å². The summed E-state index contributed by atoms with van der Waals surface area (Å²) < 4.78 is 21.0. The van der Waals surface area contributed by atoms with E-state index in [1.54, 1.807) is 23.5 Å². The van der Waals surface area contributed by atoms with Crippen molar-refractivity contribution in [3.8, 4) is 33.6 Å². The van der Waals surface area contributed by atoms with Gasteiger partial charge in [0.25, 0.3) is 0 Å².